The highest BCUT2D eigenvalue weighted by Crippen LogP contribution is 2.40. The predicted octanol–water partition coefficient (Wildman–Crippen LogP) is 2.62. The molecule has 0 atom stereocenters. The third-order valence-electron chi connectivity index (χ3n) is 8.82. The standard InChI is InChI=1S/C32H21B2N/c1-3-11-24-20(9-1)17-22-19-23-18-21-10-2-4-12-25(21)34-27-14-6-8-16-29(27)35-28-15-7-5-13-26(28)33(24)30(22)32(35)31(23)34/h1-16,19H,17-18H2. The van der Waals surface area contributed by atoms with Gasteiger partial charge in [-0.25, -0.2) is 0 Å². The zero-order valence-electron chi connectivity index (χ0n) is 19.3. The van der Waals surface area contributed by atoms with Crippen LogP contribution >= 0.6 is 0 Å². The summed E-state index contributed by atoms with van der Waals surface area (Å²) in [6.07, 6.45) is 2.04. The van der Waals surface area contributed by atoms with Crippen molar-refractivity contribution in [2.45, 2.75) is 12.8 Å². The number of fused-ring (bicyclic) bond motifs is 10. The molecule has 0 N–H and O–H groups in total. The van der Waals surface area contributed by atoms with Gasteiger partial charge in [-0.3, -0.25) is 0 Å². The molecule has 0 spiro atoms. The summed E-state index contributed by atoms with van der Waals surface area (Å²) < 4.78 is 0. The van der Waals surface area contributed by atoms with Crippen molar-refractivity contribution >= 4 is 63.3 Å². The number of anilines is 3. The molecular formula is C32H21B2N. The van der Waals surface area contributed by atoms with Gasteiger partial charge in [0.1, 0.15) is 0 Å². The van der Waals surface area contributed by atoms with Crippen LogP contribution in [0.2, 0.25) is 0 Å². The second-order valence-corrected chi connectivity index (χ2v) is 10.4. The van der Waals surface area contributed by atoms with Crippen LogP contribution in [-0.2, 0) is 12.8 Å². The van der Waals surface area contributed by atoms with E-state index in [2.05, 4.69) is 108 Å². The van der Waals surface area contributed by atoms with Crippen molar-refractivity contribution in [1.82, 2.24) is 0 Å². The average Bonchev–Trinajstić information content (AvgIpc) is 2.92. The van der Waals surface area contributed by atoms with Gasteiger partial charge >= 0.3 is 0 Å². The van der Waals surface area contributed by atoms with E-state index in [4.69, 9.17) is 0 Å². The van der Waals surface area contributed by atoms with Crippen LogP contribution in [0.4, 0.5) is 17.1 Å². The largest absolute Gasteiger partial charge is 0.313 e. The van der Waals surface area contributed by atoms with Crippen LogP contribution in [0.15, 0.2) is 103 Å². The van der Waals surface area contributed by atoms with Crippen molar-refractivity contribution < 1.29 is 0 Å². The van der Waals surface area contributed by atoms with Crippen LogP contribution in [0, 0.1) is 0 Å². The topological polar surface area (TPSA) is 3.24 Å². The van der Waals surface area contributed by atoms with Crippen LogP contribution in [-0.4, -0.2) is 13.4 Å². The Bertz CT molecular complexity index is 1610. The summed E-state index contributed by atoms with van der Waals surface area (Å²) in [5, 5.41) is 0. The number of hydrogen-bond acceptors (Lipinski definition) is 1. The summed E-state index contributed by atoms with van der Waals surface area (Å²) in [5.74, 6) is 0. The van der Waals surface area contributed by atoms with Gasteiger partial charge in [-0.05, 0) is 69.1 Å². The fourth-order valence-electron chi connectivity index (χ4n) is 7.55. The van der Waals surface area contributed by atoms with Crippen LogP contribution < -0.4 is 37.7 Å². The summed E-state index contributed by atoms with van der Waals surface area (Å²) in [5.41, 5.74) is 19.0. The molecule has 0 aromatic heterocycles. The van der Waals surface area contributed by atoms with E-state index in [0.29, 0.717) is 13.4 Å². The maximum atomic E-state index is 2.61. The van der Waals surface area contributed by atoms with Crippen LogP contribution in [0.25, 0.3) is 0 Å². The highest BCUT2D eigenvalue weighted by Gasteiger charge is 2.48. The Morgan fingerprint density at radius 2 is 0.886 bits per heavy atom. The second-order valence-electron chi connectivity index (χ2n) is 10.4. The van der Waals surface area contributed by atoms with Gasteiger partial charge in [-0.1, -0.05) is 102 Å². The Kier molecular flexibility index (Phi) is 3.34. The Morgan fingerprint density at radius 3 is 1.40 bits per heavy atom. The summed E-state index contributed by atoms with van der Waals surface area (Å²) in [7, 11) is 0. The van der Waals surface area contributed by atoms with Crippen molar-refractivity contribution in [3.63, 3.8) is 0 Å². The molecule has 5 aromatic carbocycles. The third-order valence-corrected chi connectivity index (χ3v) is 8.82. The molecule has 0 unspecified atom stereocenters. The van der Waals surface area contributed by atoms with E-state index in [-0.39, 0.29) is 0 Å². The minimum atomic E-state index is 0.297. The first-order chi connectivity index (χ1) is 17.4. The highest BCUT2D eigenvalue weighted by atomic mass is 15.2. The summed E-state index contributed by atoms with van der Waals surface area (Å²) >= 11 is 0. The van der Waals surface area contributed by atoms with Gasteiger partial charge in [0.25, 0.3) is 0 Å². The van der Waals surface area contributed by atoms with Gasteiger partial charge in [-0.15, -0.1) is 0 Å². The fraction of sp³-hybridized carbons (Fsp3) is 0.0625. The summed E-state index contributed by atoms with van der Waals surface area (Å²) in [4.78, 5) is 2.61. The molecule has 5 aromatic rings. The average molecular weight is 441 g/mol. The molecule has 1 nitrogen and oxygen atoms in total. The number of hydrogen-bond donors (Lipinski definition) is 0. The smallest absolute Gasteiger partial charge is 0.247 e. The minimum Gasteiger partial charge on any atom is -0.313 e. The van der Waals surface area contributed by atoms with Crippen LogP contribution in [0.5, 0.6) is 0 Å². The summed E-state index contributed by atoms with van der Waals surface area (Å²) in [6.45, 7) is 0.594. The number of para-hydroxylation sites is 2. The first kappa shape index (κ1) is 18.4. The molecule has 4 aliphatic heterocycles. The molecule has 35 heavy (non-hydrogen) atoms. The van der Waals surface area contributed by atoms with E-state index >= 15 is 0 Å². The molecule has 3 heteroatoms. The zero-order chi connectivity index (χ0) is 22.7. The maximum absolute atomic E-state index is 2.61. The second kappa shape index (κ2) is 6.37. The predicted molar refractivity (Wildman–Crippen MR) is 149 cm³/mol. The lowest BCUT2D eigenvalue weighted by atomic mass is 9.27. The quantitative estimate of drug-likeness (QED) is 0.327. The van der Waals surface area contributed by atoms with Crippen molar-refractivity contribution in [1.29, 1.82) is 0 Å². The van der Waals surface area contributed by atoms with Crippen molar-refractivity contribution in [3.05, 3.63) is 125 Å². The van der Waals surface area contributed by atoms with Gasteiger partial charge in [0.05, 0.1) is 0 Å². The molecule has 4 heterocycles. The molecule has 0 fully saturated rings. The molecule has 0 bridgehead atoms. The lowest BCUT2D eigenvalue weighted by Gasteiger charge is -2.48. The molecule has 9 rings (SSSR count). The molecule has 160 valence electrons. The molecular weight excluding hydrogens is 420 g/mol. The lowest BCUT2D eigenvalue weighted by Crippen LogP contribution is -2.68. The van der Waals surface area contributed by atoms with E-state index in [1.807, 2.05) is 0 Å². The van der Waals surface area contributed by atoms with Gasteiger partial charge in [0.2, 0.25) is 13.4 Å². The zero-order valence-corrected chi connectivity index (χ0v) is 19.3. The molecule has 0 saturated carbocycles. The maximum Gasteiger partial charge on any atom is 0.247 e. The van der Waals surface area contributed by atoms with Gasteiger partial charge in [0, 0.05) is 17.1 Å². The molecule has 0 radical (unpaired) electrons. The molecule has 0 saturated heterocycles. The Labute approximate surface area is 206 Å². The Morgan fingerprint density at radius 1 is 0.457 bits per heavy atom. The highest BCUT2D eigenvalue weighted by molar-refractivity contribution is 7.03. The van der Waals surface area contributed by atoms with Crippen LogP contribution in [0.1, 0.15) is 22.3 Å². The fourth-order valence-corrected chi connectivity index (χ4v) is 7.55. The Hall–Kier alpha value is -3.97. The van der Waals surface area contributed by atoms with E-state index < -0.39 is 0 Å². The van der Waals surface area contributed by atoms with Crippen LogP contribution in [0.3, 0.4) is 0 Å². The number of rotatable bonds is 0. The van der Waals surface area contributed by atoms with E-state index in [1.165, 1.54) is 61.2 Å². The molecule has 0 aliphatic carbocycles. The van der Waals surface area contributed by atoms with Crippen molar-refractivity contribution in [2.75, 3.05) is 4.90 Å². The van der Waals surface area contributed by atoms with Crippen molar-refractivity contribution in [2.24, 2.45) is 0 Å². The number of benzene rings is 5. The first-order valence-electron chi connectivity index (χ1n) is 12.7. The Balaban J connectivity index is 1.47. The lowest BCUT2D eigenvalue weighted by molar-refractivity contribution is 1.14. The van der Waals surface area contributed by atoms with E-state index in [1.54, 1.807) is 10.9 Å². The number of nitrogens with zero attached hydrogens (tertiary/aromatic N) is 1. The minimum absolute atomic E-state index is 0.297. The monoisotopic (exact) mass is 441 g/mol. The molecule has 0 amide bonds. The SMILES string of the molecule is c1ccc2c(c1)Cc1cc3c4c5c1B2c1ccccc1N5c1ccccc1B4c1ccccc1C3. The first-order valence-corrected chi connectivity index (χ1v) is 12.7. The van der Waals surface area contributed by atoms with E-state index in [0.717, 1.165) is 12.8 Å². The van der Waals surface area contributed by atoms with Gasteiger partial charge in [0.15, 0.2) is 0 Å². The summed E-state index contributed by atoms with van der Waals surface area (Å²) in [6, 6.07) is 39.1. The van der Waals surface area contributed by atoms with E-state index in [9.17, 15) is 0 Å². The third kappa shape index (κ3) is 2.18. The van der Waals surface area contributed by atoms with Gasteiger partial charge < -0.3 is 4.90 Å². The normalized spacial score (nSPS) is 15.0. The van der Waals surface area contributed by atoms with Gasteiger partial charge in [-0.2, -0.15) is 0 Å². The molecule has 4 aliphatic rings. The van der Waals surface area contributed by atoms with Crippen molar-refractivity contribution in [3.8, 4) is 0 Å².